The third kappa shape index (κ3) is 2.06. The Morgan fingerprint density at radius 3 is 2.86 bits per heavy atom. The fraction of sp³-hybridized carbons (Fsp3) is 0.667. The lowest BCUT2D eigenvalue weighted by Gasteiger charge is -2.07. The van der Waals surface area contributed by atoms with Crippen molar-refractivity contribution in [2.75, 3.05) is 7.11 Å². The summed E-state index contributed by atoms with van der Waals surface area (Å²) in [7, 11) is 1.33. The first-order valence-electron chi connectivity index (χ1n) is 4.57. The van der Waals surface area contributed by atoms with Crippen LogP contribution in [0.25, 0.3) is 0 Å². The van der Waals surface area contributed by atoms with Crippen molar-refractivity contribution in [2.24, 2.45) is 5.92 Å². The molecule has 0 amide bonds. The first kappa shape index (κ1) is 10.6. The highest BCUT2D eigenvalue weighted by atomic mass is 16.5. The molecule has 0 bridgehead atoms. The van der Waals surface area contributed by atoms with Gasteiger partial charge in [0, 0.05) is 12.4 Å². The number of hydrogen-bond acceptors (Lipinski definition) is 4. The van der Waals surface area contributed by atoms with E-state index >= 15 is 0 Å². The lowest BCUT2D eigenvalue weighted by Crippen LogP contribution is -2.21. The van der Waals surface area contributed by atoms with Crippen LogP contribution in [0.2, 0.25) is 12.1 Å². The average molecular weight is 190 g/mol. The SMILES string of the molecule is COC(=O)C1CC(CC#N)CB1C#N. The maximum Gasteiger partial charge on any atom is 0.302 e. The zero-order chi connectivity index (χ0) is 10.6. The van der Waals surface area contributed by atoms with Crippen LogP contribution in [0.5, 0.6) is 0 Å². The smallest absolute Gasteiger partial charge is 0.302 e. The van der Waals surface area contributed by atoms with E-state index in [9.17, 15) is 4.79 Å². The molecule has 1 rings (SSSR count). The van der Waals surface area contributed by atoms with E-state index in [0.29, 0.717) is 19.2 Å². The molecule has 0 spiro atoms. The highest BCUT2D eigenvalue weighted by molar-refractivity contribution is 6.72. The maximum atomic E-state index is 11.3. The van der Waals surface area contributed by atoms with Gasteiger partial charge >= 0.3 is 5.97 Å². The lowest BCUT2D eigenvalue weighted by molar-refractivity contribution is -0.140. The van der Waals surface area contributed by atoms with E-state index < -0.39 is 0 Å². The fourth-order valence-corrected chi connectivity index (χ4v) is 1.99. The summed E-state index contributed by atoms with van der Waals surface area (Å²) in [6.45, 7) is -0.277. The minimum Gasteiger partial charge on any atom is -0.469 e. The number of ether oxygens (including phenoxy) is 1. The summed E-state index contributed by atoms with van der Waals surface area (Å²) in [6, 6.07) is 2.07. The number of rotatable bonds is 2. The first-order valence-corrected chi connectivity index (χ1v) is 4.57. The van der Waals surface area contributed by atoms with Crippen LogP contribution in [0.3, 0.4) is 0 Å². The Hall–Kier alpha value is -1.49. The van der Waals surface area contributed by atoms with E-state index in [4.69, 9.17) is 10.5 Å². The third-order valence-corrected chi connectivity index (χ3v) is 2.71. The first-order chi connectivity index (χ1) is 6.72. The van der Waals surface area contributed by atoms with Gasteiger partial charge in [-0.25, -0.2) is 5.26 Å². The van der Waals surface area contributed by atoms with Crippen LogP contribution in [0.4, 0.5) is 0 Å². The Labute approximate surface area is 83.5 Å². The van der Waals surface area contributed by atoms with Crippen molar-refractivity contribution in [2.45, 2.75) is 25.0 Å². The van der Waals surface area contributed by atoms with Crippen molar-refractivity contribution in [3.63, 3.8) is 0 Å². The molecule has 1 aliphatic rings. The average Bonchev–Trinajstić information content (AvgIpc) is 2.60. The van der Waals surface area contributed by atoms with Crippen molar-refractivity contribution < 1.29 is 9.53 Å². The molecule has 0 aliphatic carbocycles. The van der Waals surface area contributed by atoms with Crippen LogP contribution >= 0.6 is 0 Å². The molecule has 1 aliphatic heterocycles. The summed E-state index contributed by atoms with van der Waals surface area (Å²) in [6.07, 6.45) is 1.67. The number of methoxy groups -OCH3 is 1. The van der Waals surface area contributed by atoms with Crippen LogP contribution in [0, 0.1) is 28.5 Å². The standard InChI is InChI=1S/C9H11BN2O2/c1-14-9(13)8-4-7(2-3-11)5-10(8)6-12/h7-8H,2,4-5H2,1H3. The zero-order valence-corrected chi connectivity index (χ0v) is 8.06. The van der Waals surface area contributed by atoms with Crippen LogP contribution in [0.1, 0.15) is 12.8 Å². The summed E-state index contributed by atoms with van der Waals surface area (Å²) in [5, 5.41) is 17.3. The van der Waals surface area contributed by atoms with Gasteiger partial charge in [0.15, 0.2) is 0 Å². The minimum atomic E-state index is -0.330. The van der Waals surface area contributed by atoms with Crippen molar-refractivity contribution in [1.82, 2.24) is 0 Å². The third-order valence-electron chi connectivity index (χ3n) is 2.71. The second kappa shape index (κ2) is 4.67. The topological polar surface area (TPSA) is 73.9 Å². The second-order valence-electron chi connectivity index (χ2n) is 3.56. The molecule has 2 atom stereocenters. The molecule has 0 radical (unpaired) electrons. The molecule has 72 valence electrons. The molecular formula is C9H11BN2O2. The fourth-order valence-electron chi connectivity index (χ4n) is 1.99. The number of hydrogen-bond donors (Lipinski definition) is 0. The number of nitriles is 2. The van der Waals surface area contributed by atoms with Crippen LogP contribution < -0.4 is 0 Å². The van der Waals surface area contributed by atoms with E-state index in [0.717, 1.165) is 0 Å². The van der Waals surface area contributed by atoms with Crippen molar-refractivity contribution in [3.05, 3.63) is 0 Å². The van der Waals surface area contributed by atoms with Gasteiger partial charge in [-0.1, -0.05) is 6.32 Å². The Kier molecular flexibility index (Phi) is 3.53. The van der Waals surface area contributed by atoms with Crippen molar-refractivity contribution in [3.8, 4) is 12.0 Å². The van der Waals surface area contributed by atoms with Gasteiger partial charge in [0.05, 0.1) is 19.0 Å². The Morgan fingerprint density at radius 2 is 2.36 bits per heavy atom. The number of carbonyl (C=O) groups is 1. The van der Waals surface area contributed by atoms with Gasteiger partial charge in [-0.2, -0.15) is 5.26 Å². The Morgan fingerprint density at radius 1 is 1.64 bits per heavy atom. The van der Waals surface area contributed by atoms with Gasteiger partial charge in [0.1, 0.15) is 0 Å². The summed E-state index contributed by atoms with van der Waals surface area (Å²) in [4.78, 5) is 11.3. The monoisotopic (exact) mass is 190 g/mol. The molecule has 1 fully saturated rings. The predicted octanol–water partition coefficient (Wildman–Crippen LogP) is 1.02. The Bertz CT molecular complexity index is 305. The molecule has 14 heavy (non-hydrogen) atoms. The molecule has 1 heterocycles. The minimum absolute atomic E-state index is 0.175. The predicted molar refractivity (Wildman–Crippen MR) is 50.3 cm³/mol. The Balaban J connectivity index is 2.64. The highest BCUT2D eigenvalue weighted by Crippen LogP contribution is 2.37. The van der Waals surface area contributed by atoms with Gasteiger partial charge in [0.25, 0.3) is 6.71 Å². The van der Waals surface area contributed by atoms with E-state index in [1.165, 1.54) is 7.11 Å². The van der Waals surface area contributed by atoms with Crippen LogP contribution in [0.15, 0.2) is 0 Å². The van der Waals surface area contributed by atoms with E-state index in [1.807, 2.05) is 0 Å². The molecule has 0 N–H and O–H groups in total. The highest BCUT2D eigenvalue weighted by Gasteiger charge is 2.42. The lowest BCUT2D eigenvalue weighted by atomic mass is 9.44. The van der Waals surface area contributed by atoms with Gasteiger partial charge in [-0.3, -0.25) is 4.79 Å². The van der Waals surface area contributed by atoms with Crippen molar-refractivity contribution in [1.29, 1.82) is 10.5 Å². The van der Waals surface area contributed by atoms with Gasteiger partial charge < -0.3 is 4.74 Å². The molecule has 0 aromatic rings. The molecule has 0 aromatic heterocycles. The van der Waals surface area contributed by atoms with Gasteiger partial charge in [0.2, 0.25) is 0 Å². The van der Waals surface area contributed by atoms with Crippen molar-refractivity contribution >= 4 is 12.7 Å². The molecule has 0 aromatic carbocycles. The second-order valence-corrected chi connectivity index (χ2v) is 3.56. The summed E-state index contributed by atoms with van der Waals surface area (Å²) in [5.41, 5.74) is 0. The zero-order valence-electron chi connectivity index (χ0n) is 8.06. The molecule has 2 unspecified atom stereocenters. The molecule has 0 saturated carbocycles. The summed E-state index contributed by atoms with van der Waals surface area (Å²) in [5.74, 6) is 1.63. The largest absolute Gasteiger partial charge is 0.469 e. The maximum absolute atomic E-state index is 11.3. The quantitative estimate of drug-likeness (QED) is 0.481. The van der Waals surface area contributed by atoms with Crippen LogP contribution in [-0.4, -0.2) is 19.8 Å². The van der Waals surface area contributed by atoms with E-state index in [-0.39, 0.29) is 24.4 Å². The van der Waals surface area contributed by atoms with E-state index in [1.54, 1.807) is 0 Å². The summed E-state index contributed by atoms with van der Waals surface area (Å²) < 4.78 is 4.62. The molecule has 4 nitrogen and oxygen atoms in total. The normalized spacial score (nSPS) is 25.2. The molecular weight excluding hydrogens is 179 g/mol. The van der Waals surface area contributed by atoms with E-state index in [2.05, 4.69) is 16.8 Å². The molecule has 1 saturated heterocycles. The number of nitrogens with zero attached hydrogens (tertiary/aromatic N) is 2. The van der Waals surface area contributed by atoms with Gasteiger partial charge in [-0.05, 0) is 12.3 Å². The summed E-state index contributed by atoms with van der Waals surface area (Å²) >= 11 is 0. The number of carbonyl (C=O) groups excluding carboxylic acids is 1. The van der Waals surface area contributed by atoms with Crippen LogP contribution in [-0.2, 0) is 9.53 Å². The van der Waals surface area contributed by atoms with Gasteiger partial charge in [-0.15, -0.1) is 0 Å². The molecule has 5 heteroatoms. The number of esters is 1.